The Morgan fingerprint density at radius 2 is 1.71 bits per heavy atom. The van der Waals surface area contributed by atoms with Gasteiger partial charge < -0.3 is 14.8 Å². The van der Waals surface area contributed by atoms with Crippen LogP contribution in [0.3, 0.4) is 0 Å². The lowest BCUT2D eigenvalue weighted by Crippen LogP contribution is -2.53. The molecule has 0 aliphatic heterocycles. The van der Waals surface area contributed by atoms with E-state index in [2.05, 4.69) is 11.9 Å². The maximum Gasteiger partial charge on any atom is 0.329 e. The van der Waals surface area contributed by atoms with Crippen LogP contribution in [0.2, 0.25) is 0 Å². The molecule has 0 aliphatic rings. The van der Waals surface area contributed by atoms with Gasteiger partial charge >= 0.3 is 5.97 Å². The first kappa shape index (κ1) is 26.1. The van der Waals surface area contributed by atoms with Gasteiger partial charge in [-0.1, -0.05) is 40.7 Å². The summed E-state index contributed by atoms with van der Waals surface area (Å²) in [6, 6.07) is -0.895. The zero-order chi connectivity index (χ0) is 21.9. The first-order chi connectivity index (χ1) is 13.0. The number of esters is 1. The summed E-state index contributed by atoms with van der Waals surface area (Å²) in [6.07, 6.45) is 2.16. The molecular weight excluding hydrogens is 364 g/mol. The third kappa shape index (κ3) is 8.84. The fourth-order valence-electron chi connectivity index (χ4n) is 2.87. The molecule has 0 rings (SSSR count). The normalized spacial score (nSPS) is 14.7. The third-order valence-corrected chi connectivity index (χ3v) is 4.34. The Balaban J connectivity index is 5.58. The van der Waals surface area contributed by atoms with Crippen molar-refractivity contribution in [2.45, 2.75) is 53.5 Å². The van der Waals surface area contributed by atoms with Gasteiger partial charge in [0.05, 0.1) is 18.4 Å². The molecule has 0 bridgehead atoms. The molecule has 2 amide bonds. The molecule has 0 aromatic rings. The minimum absolute atomic E-state index is 0.0826. The summed E-state index contributed by atoms with van der Waals surface area (Å²) in [6.45, 7) is 13.3. The SMILES string of the molecule is C=CC[C@H](C(=O)NO)[C@@H](CC(C)C)C(=O)NC(C(=O)OCCOC)C(C)(C)C. The van der Waals surface area contributed by atoms with Gasteiger partial charge in [0.15, 0.2) is 0 Å². The van der Waals surface area contributed by atoms with E-state index in [-0.39, 0.29) is 25.6 Å². The lowest BCUT2D eigenvalue weighted by atomic mass is 9.80. The van der Waals surface area contributed by atoms with Crippen molar-refractivity contribution in [3.8, 4) is 0 Å². The van der Waals surface area contributed by atoms with Crippen molar-refractivity contribution >= 4 is 17.8 Å². The van der Waals surface area contributed by atoms with Crippen LogP contribution >= 0.6 is 0 Å². The number of hydrogen-bond donors (Lipinski definition) is 3. The Bertz CT molecular complexity index is 527. The Morgan fingerprint density at radius 1 is 1.11 bits per heavy atom. The zero-order valence-corrected chi connectivity index (χ0v) is 17.9. The van der Waals surface area contributed by atoms with Gasteiger partial charge in [-0.05, 0) is 24.2 Å². The average Bonchev–Trinajstić information content (AvgIpc) is 2.60. The topological polar surface area (TPSA) is 114 Å². The molecule has 3 N–H and O–H groups in total. The second-order valence-electron chi connectivity index (χ2n) is 8.31. The number of rotatable bonds is 12. The third-order valence-electron chi connectivity index (χ3n) is 4.34. The molecule has 0 saturated carbocycles. The number of hydroxylamine groups is 1. The minimum Gasteiger partial charge on any atom is -0.462 e. The lowest BCUT2D eigenvalue weighted by Gasteiger charge is -2.32. The Labute approximate surface area is 168 Å². The summed E-state index contributed by atoms with van der Waals surface area (Å²) in [5.74, 6) is -3.07. The van der Waals surface area contributed by atoms with Crippen molar-refractivity contribution in [3.63, 3.8) is 0 Å². The van der Waals surface area contributed by atoms with E-state index in [9.17, 15) is 14.4 Å². The van der Waals surface area contributed by atoms with Crippen molar-refractivity contribution in [2.24, 2.45) is 23.2 Å². The van der Waals surface area contributed by atoms with Crippen LogP contribution in [0.1, 0.15) is 47.5 Å². The van der Waals surface area contributed by atoms with Crippen LogP contribution in [0.4, 0.5) is 0 Å². The highest BCUT2D eigenvalue weighted by molar-refractivity contribution is 5.90. The van der Waals surface area contributed by atoms with Crippen LogP contribution in [0, 0.1) is 23.2 Å². The van der Waals surface area contributed by atoms with Crippen LogP contribution in [0.5, 0.6) is 0 Å². The van der Waals surface area contributed by atoms with E-state index in [4.69, 9.17) is 14.7 Å². The van der Waals surface area contributed by atoms with Gasteiger partial charge in [0, 0.05) is 7.11 Å². The molecule has 0 radical (unpaired) electrons. The predicted octanol–water partition coefficient (Wildman–Crippen LogP) is 2.07. The first-order valence-corrected chi connectivity index (χ1v) is 9.50. The maximum absolute atomic E-state index is 13.1. The summed E-state index contributed by atoms with van der Waals surface area (Å²) in [5, 5.41) is 11.8. The zero-order valence-electron chi connectivity index (χ0n) is 17.9. The number of carbonyl (C=O) groups is 3. The van der Waals surface area contributed by atoms with Crippen LogP contribution in [0.25, 0.3) is 0 Å². The van der Waals surface area contributed by atoms with Crippen LogP contribution < -0.4 is 10.8 Å². The van der Waals surface area contributed by atoms with Crippen molar-refractivity contribution in [1.82, 2.24) is 10.8 Å². The molecule has 0 spiro atoms. The number of ether oxygens (including phenoxy) is 2. The molecule has 0 aliphatic carbocycles. The first-order valence-electron chi connectivity index (χ1n) is 9.50. The lowest BCUT2D eigenvalue weighted by molar-refractivity contribution is -0.153. The average molecular weight is 401 g/mol. The second kappa shape index (κ2) is 12.5. The van der Waals surface area contributed by atoms with E-state index in [1.807, 2.05) is 34.6 Å². The largest absolute Gasteiger partial charge is 0.462 e. The van der Waals surface area contributed by atoms with E-state index in [0.717, 1.165) is 0 Å². The molecule has 0 saturated heterocycles. The van der Waals surface area contributed by atoms with E-state index >= 15 is 0 Å². The van der Waals surface area contributed by atoms with Crippen molar-refractivity contribution in [1.29, 1.82) is 0 Å². The van der Waals surface area contributed by atoms with Gasteiger partial charge in [0.2, 0.25) is 11.8 Å². The number of methoxy groups -OCH3 is 1. The molecular formula is C20H36N2O6. The predicted molar refractivity (Wildman–Crippen MR) is 105 cm³/mol. The van der Waals surface area contributed by atoms with Gasteiger partial charge in [-0.2, -0.15) is 0 Å². The number of allylic oxidation sites excluding steroid dienone is 1. The summed E-state index contributed by atoms with van der Waals surface area (Å²) in [4.78, 5) is 37.7. The highest BCUT2D eigenvalue weighted by Crippen LogP contribution is 2.27. The molecule has 28 heavy (non-hydrogen) atoms. The summed E-state index contributed by atoms with van der Waals surface area (Å²) in [5.41, 5.74) is 1.03. The Kier molecular flexibility index (Phi) is 11.7. The number of amides is 2. The smallest absolute Gasteiger partial charge is 0.329 e. The molecule has 162 valence electrons. The maximum atomic E-state index is 13.1. The van der Waals surface area contributed by atoms with Crippen LogP contribution in [-0.2, 0) is 23.9 Å². The number of carbonyl (C=O) groups excluding carboxylic acids is 3. The van der Waals surface area contributed by atoms with Crippen molar-refractivity contribution < 1.29 is 29.1 Å². The molecule has 0 aromatic carbocycles. The van der Waals surface area contributed by atoms with E-state index < -0.39 is 41.1 Å². The van der Waals surface area contributed by atoms with Crippen molar-refractivity contribution in [2.75, 3.05) is 20.3 Å². The highest BCUT2D eigenvalue weighted by Gasteiger charge is 2.39. The quantitative estimate of drug-likeness (QED) is 0.152. The van der Waals surface area contributed by atoms with Crippen LogP contribution in [-0.4, -0.2) is 49.4 Å². The van der Waals surface area contributed by atoms with E-state index in [0.29, 0.717) is 6.42 Å². The molecule has 0 fully saturated rings. The molecule has 1 unspecified atom stereocenters. The molecule has 0 aromatic heterocycles. The second-order valence-corrected chi connectivity index (χ2v) is 8.31. The summed E-state index contributed by atoms with van der Waals surface area (Å²) < 4.78 is 10.1. The van der Waals surface area contributed by atoms with Gasteiger partial charge in [0.25, 0.3) is 0 Å². The van der Waals surface area contributed by atoms with Gasteiger partial charge in [0.1, 0.15) is 12.6 Å². The van der Waals surface area contributed by atoms with Gasteiger partial charge in [-0.3, -0.25) is 14.8 Å². The molecule has 8 heteroatoms. The summed E-state index contributed by atoms with van der Waals surface area (Å²) >= 11 is 0. The summed E-state index contributed by atoms with van der Waals surface area (Å²) in [7, 11) is 1.50. The van der Waals surface area contributed by atoms with E-state index in [1.165, 1.54) is 13.2 Å². The fraction of sp³-hybridized carbons (Fsp3) is 0.750. The molecule has 0 heterocycles. The monoisotopic (exact) mass is 400 g/mol. The molecule has 8 nitrogen and oxygen atoms in total. The highest BCUT2D eigenvalue weighted by atomic mass is 16.6. The van der Waals surface area contributed by atoms with Crippen LogP contribution in [0.15, 0.2) is 12.7 Å². The fourth-order valence-corrected chi connectivity index (χ4v) is 2.87. The number of hydrogen-bond acceptors (Lipinski definition) is 6. The van der Waals surface area contributed by atoms with Gasteiger partial charge in [-0.15, -0.1) is 6.58 Å². The van der Waals surface area contributed by atoms with E-state index in [1.54, 1.807) is 5.48 Å². The van der Waals surface area contributed by atoms with Crippen molar-refractivity contribution in [3.05, 3.63) is 12.7 Å². The minimum atomic E-state index is -0.895. The Morgan fingerprint density at radius 3 is 2.14 bits per heavy atom. The number of nitrogens with one attached hydrogen (secondary N) is 2. The van der Waals surface area contributed by atoms with Gasteiger partial charge in [-0.25, -0.2) is 10.3 Å². The standard InChI is InChI=1S/C20H36N2O6/c1-8-9-14(18(24)22-26)15(12-13(2)3)17(23)21-16(20(4,5)6)19(25)28-11-10-27-7/h8,13-16,26H,1,9-12H2,2-7H3,(H,21,23)(H,22,24)/t14-,15+,16?/m0/s1. The Hall–Kier alpha value is -1.93. The molecule has 3 atom stereocenters.